The molecule has 1 aliphatic carbocycles. The summed E-state index contributed by atoms with van der Waals surface area (Å²) in [5, 5.41) is 3.29. The summed E-state index contributed by atoms with van der Waals surface area (Å²) in [5.41, 5.74) is -0.0781. The van der Waals surface area contributed by atoms with Gasteiger partial charge in [0.05, 0.1) is 5.75 Å². The van der Waals surface area contributed by atoms with Gasteiger partial charge in [-0.15, -0.1) is 0 Å². The van der Waals surface area contributed by atoms with E-state index in [1.807, 2.05) is 7.05 Å². The molecule has 0 aromatic rings. The number of ketones is 1. The molecule has 0 unspecified atom stereocenters. The third-order valence-corrected chi connectivity index (χ3v) is 5.71. The first-order valence-corrected chi connectivity index (χ1v) is 8.66. The summed E-state index contributed by atoms with van der Waals surface area (Å²) >= 11 is 0. The average molecular weight is 275 g/mol. The van der Waals surface area contributed by atoms with E-state index < -0.39 is 9.84 Å². The molecule has 1 aliphatic rings. The molecule has 0 saturated heterocycles. The van der Waals surface area contributed by atoms with E-state index in [2.05, 4.69) is 5.32 Å². The Bertz CT molecular complexity index is 370. The van der Waals surface area contributed by atoms with Crippen molar-refractivity contribution >= 4 is 15.6 Å². The normalized spacial score (nSPS) is 19.7. The maximum absolute atomic E-state index is 11.9. The molecule has 0 spiro atoms. The predicted octanol–water partition coefficient (Wildman–Crippen LogP) is 1.69. The molecule has 0 radical (unpaired) electrons. The lowest BCUT2D eigenvalue weighted by atomic mass is 9.78. The Hall–Kier alpha value is -0.420. The first-order valence-electron chi connectivity index (χ1n) is 6.84. The lowest BCUT2D eigenvalue weighted by Gasteiger charge is -2.36. The molecule has 0 bridgehead atoms. The number of hydrogen-bond acceptors (Lipinski definition) is 4. The summed E-state index contributed by atoms with van der Waals surface area (Å²) < 4.78 is 22.8. The molecular weight excluding hydrogens is 250 g/mol. The largest absolute Gasteiger partial charge is 0.314 e. The monoisotopic (exact) mass is 275 g/mol. The SMILES string of the molecule is CCS(=O)(=O)CCC(=O)CC1(NC)CCCCC1. The maximum atomic E-state index is 11.9. The molecular formula is C13H25NO3S. The molecule has 1 rings (SSSR count). The second kappa shape index (κ2) is 6.66. The minimum Gasteiger partial charge on any atom is -0.314 e. The van der Waals surface area contributed by atoms with Crippen LogP contribution in [-0.2, 0) is 14.6 Å². The number of rotatable bonds is 7. The van der Waals surface area contributed by atoms with E-state index in [1.54, 1.807) is 6.92 Å². The number of nitrogens with one attached hydrogen (secondary N) is 1. The molecule has 1 saturated carbocycles. The van der Waals surface area contributed by atoms with Gasteiger partial charge in [0.1, 0.15) is 15.6 Å². The van der Waals surface area contributed by atoms with Crippen LogP contribution in [0.25, 0.3) is 0 Å². The van der Waals surface area contributed by atoms with Crippen LogP contribution in [0.15, 0.2) is 0 Å². The molecule has 0 heterocycles. The van der Waals surface area contributed by atoms with E-state index in [0.29, 0.717) is 6.42 Å². The fourth-order valence-electron chi connectivity index (χ4n) is 2.62. The minimum absolute atomic E-state index is 0.00211. The number of carbonyl (C=O) groups is 1. The van der Waals surface area contributed by atoms with Gasteiger partial charge in [-0.25, -0.2) is 8.42 Å². The zero-order valence-corrected chi connectivity index (χ0v) is 12.3. The zero-order valence-electron chi connectivity index (χ0n) is 11.5. The highest BCUT2D eigenvalue weighted by Gasteiger charge is 2.32. The lowest BCUT2D eigenvalue weighted by molar-refractivity contribution is -0.120. The van der Waals surface area contributed by atoms with E-state index in [-0.39, 0.29) is 29.2 Å². The third kappa shape index (κ3) is 4.69. The summed E-state index contributed by atoms with van der Waals surface area (Å²) in [6, 6.07) is 0. The van der Waals surface area contributed by atoms with Gasteiger partial charge < -0.3 is 5.32 Å². The van der Waals surface area contributed by atoms with Crippen molar-refractivity contribution in [1.29, 1.82) is 0 Å². The van der Waals surface area contributed by atoms with Crippen LogP contribution in [0.4, 0.5) is 0 Å². The summed E-state index contributed by atoms with van der Waals surface area (Å²) in [7, 11) is -1.12. The second-order valence-corrected chi connectivity index (χ2v) is 7.77. The van der Waals surface area contributed by atoms with E-state index in [4.69, 9.17) is 0 Å². The molecule has 4 nitrogen and oxygen atoms in total. The summed E-state index contributed by atoms with van der Waals surface area (Å²) in [6.45, 7) is 1.62. The molecule has 106 valence electrons. The Morgan fingerprint density at radius 2 is 1.83 bits per heavy atom. The average Bonchev–Trinajstić information content (AvgIpc) is 2.38. The van der Waals surface area contributed by atoms with Crippen LogP contribution in [0.3, 0.4) is 0 Å². The third-order valence-electron chi connectivity index (χ3n) is 4.01. The number of carbonyl (C=O) groups excluding carboxylic acids is 1. The van der Waals surface area contributed by atoms with Crippen molar-refractivity contribution in [2.45, 2.75) is 57.4 Å². The van der Waals surface area contributed by atoms with Gasteiger partial charge in [0.15, 0.2) is 0 Å². The van der Waals surface area contributed by atoms with Crippen molar-refractivity contribution in [2.75, 3.05) is 18.6 Å². The van der Waals surface area contributed by atoms with Crippen molar-refractivity contribution < 1.29 is 13.2 Å². The van der Waals surface area contributed by atoms with E-state index in [0.717, 1.165) is 25.7 Å². The summed E-state index contributed by atoms with van der Waals surface area (Å²) in [5.74, 6) is 0.197. The van der Waals surface area contributed by atoms with E-state index in [1.165, 1.54) is 6.42 Å². The Morgan fingerprint density at radius 3 is 2.33 bits per heavy atom. The molecule has 0 atom stereocenters. The highest BCUT2D eigenvalue weighted by atomic mass is 32.2. The predicted molar refractivity (Wildman–Crippen MR) is 73.4 cm³/mol. The van der Waals surface area contributed by atoms with E-state index in [9.17, 15) is 13.2 Å². The first-order chi connectivity index (χ1) is 8.43. The Balaban J connectivity index is 2.47. The molecule has 0 aliphatic heterocycles. The van der Waals surface area contributed by atoms with Crippen LogP contribution in [0.2, 0.25) is 0 Å². The first kappa shape index (κ1) is 15.6. The van der Waals surface area contributed by atoms with Gasteiger partial charge in [-0.3, -0.25) is 4.79 Å². The van der Waals surface area contributed by atoms with Crippen molar-refractivity contribution in [1.82, 2.24) is 5.32 Å². The van der Waals surface area contributed by atoms with Crippen LogP contribution < -0.4 is 5.32 Å². The van der Waals surface area contributed by atoms with Crippen LogP contribution in [0, 0.1) is 0 Å². The molecule has 1 fully saturated rings. The zero-order chi connectivity index (χ0) is 13.6. The van der Waals surface area contributed by atoms with Crippen molar-refractivity contribution in [3.05, 3.63) is 0 Å². The maximum Gasteiger partial charge on any atom is 0.150 e. The van der Waals surface area contributed by atoms with Crippen LogP contribution in [-0.4, -0.2) is 38.3 Å². The van der Waals surface area contributed by atoms with Crippen molar-refractivity contribution in [3.63, 3.8) is 0 Å². The number of Topliss-reactive ketones (excluding diaryl/α,β-unsaturated/α-hetero) is 1. The quantitative estimate of drug-likeness (QED) is 0.768. The molecule has 1 N–H and O–H groups in total. The van der Waals surface area contributed by atoms with Gasteiger partial charge in [0.2, 0.25) is 0 Å². The van der Waals surface area contributed by atoms with Gasteiger partial charge in [0.25, 0.3) is 0 Å². The van der Waals surface area contributed by atoms with Gasteiger partial charge in [-0.05, 0) is 19.9 Å². The van der Waals surface area contributed by atoms with Gasteiger partial charge >= 0.3 is 0 Å². The highest BCUT2D eigenvalue weighted by Crippen LogP contribution is 2.31. The summed E-state index contributed by atoms with van der Waals surface area (Å²) in [6.07, 6.45) is 6.23. The lowest BCUT2D eigenvalue weighted by Crippen LogP contribution is -2.46. The van der Waals surface area contributed by atoms with Crippen molar-refractivity contribution in [2.24, 2.45) is 0 Å². The van der Waals surface area contributed by atoms with Crippen LogP contribution in [0.5, 0.6) is 0 Å². The number of sulfone groups is 1. The van der Waals surface area contributed by atoms with Gasteiger partial charge in [0, 0.05) is 24.1 Å². The Morgan fingerprint density at radius 1 is 1.22 bits per heavy atom. The fourth-order valence-corrected chi connectivity index (χ4v) is 3.45. The van der Waals surface area contributed by atoms with E-state index >= 15 is 0 Å². The topological polar surface area (TPSA) is 63.2 Å². The Labute approximate surface area is 110 Å². The van der Waals surface area contributed by atoms with Gasteiger partial charge in [-0.2, -0.15) is 0 Å². The summed E-state index contributed by atoms with van der Waals surface area (Å²) in [4.78, 5) is 11.9. The van der Waals surface area contributed by atoms with Crippen molar-refractivity contribution in [3.8, 4) is 0 Å². The van der Waals surface area contributed by atoms with Crippen LogP contribution in [0.1, 0.15) is 51.9 Å². The second-order valence-electron chi connectivity index (χ2n) is 5.29. The Kier molecular flexibility index (Phi) is 5.79. The minimum atomic E-state index is -3.02. The standard InChI is InChI=1S/C13H25NO3S/c1-3-18(16,17)10-7-12(15)11-13(14-2)8-5-4-6-9-13/h14H,3-11H2,1-2H3. The fraction of sp³-hybridized carbons (Fsp3) is 0.923. The molecule has 0 aromatic heterocycles. The smallest absolute Gasteiger partial charge is 0.150 e. The molecule has 18 heavy (non-hydrogen) atoms. The number of hydrogen-bond donors (Lipinski definition) is 1. The molecule has 5 heteroatoms. The highest BCUT2D eigenvalue weighted by molar-refractivity contribution is 7.91. The molecule has 0 aromatic carbocycles. The van der Waals surface area contributed by atoms with Crippen LogP contribution >= 0.6 is 0 Å². The molecule has 0 amide bonds. The van der Waals surface area contributed by atoms with Gasteiger partial charge in [-0.1, -0.05) is 26.2 Å².